The number of rotatable bonds is 6. The van der Waals surface area contributed by atoms with Gasteiger partial charge in [-0.25, -0.2) is 4.39 Å². The molecular weight excluding hydrogens is 285 g/mol. The van der Waals surface area contributed by atoms with Gasteiger partial charge in [0.1, 0.15) is 23.1 Å². The van der Waals surface area contributed by atoms with Crippen LogP contribution in [0.4, 0.5) is 10.1 Å². The summed E-state index contributed by atoms with van der Waals surface area (Å²) < 4.78 is 29.2. The fourth-order valence-corrected chi connectivity index (χ4v) is 2.28. The maximum atomic E-state index is 13.4. The van der Waals surface area contributed by atoms with Crippen LogP contribution in [0.15, 0.2) is 30.3 Å². The van der Waals surface area contributed by atoms with Gasteiger partial charge in [0.2, 0.25) is 0 Å². The number of benzene rings is 2. The van der Waals surface area contributed by atoms with E-state index in [1.165, 1.54) is 19.2 Å². The molecule has 0 aliphatic heterocycles. The average Bonchev–Trinajstić information content (AvgIpc) is 2.53. The van der Waals surface area contributed by atoms with Gasteiger partial charge in [-0.15, -0.1) is 0 Å². The maximum absolute atomic E-state index is 13.4. The van der Waals surface area contributed by atoms with Gasteiger partial charge in [-0.2, -0.15) is 0 Å². The van der Waals surface area contributed by atoms with E-state index in [9.17, 15) is 4.39 Å². The van der Waals surface area contributed by atoms with Gasteiger partial charge in [-0.3, -0.25) is 0 Å². The van der Waals surface area contributed by atoms with E-state index in [1.807, 2.05) is 25.1 Å². The predicted octanol–water partition coefficient (Wildman–Crippen LogP) is 3.77. The van der Waals surface area contributed by atoms with Crippen LogP contribution in [0.2, 0.25) is 0 Å². The van der Waals surface area contributed by atoms with Gasteiger partial charge in [0.05, 0.1) is 27.0 Å². The predicted molar refractivity (Wildman–Crippen MR) is 84.6 cm³/mol. The van der Waals surface area contributed by atoms with E-state index in [-0.39, 0.29) is 5.82 Å². The van der Waals surface area contributed by atoms with Gasteiger partial charge in [0, 0.05) is 24.2 Å². The quantitative estimate of drug-likeness (QED) is 0.882. The van der Waals surface area contributed by atoms with Gasteiger partial charge >= 0.3 is 0 Å². The number of methoxy groups -OCH3 is 3. The topological polar surface area (TPSA) is 39.7 Å². The number of hydrogen-bond acceptors (Lipinski definition) is 4. The second-order valence-corrected chi connectivity index (χ2v) is 4.83. The molecule has 22 heavy (non-hydrogen) atoms. The molecule has 0 saturated carbocycles. The van der Waals surface area contributed by atoms with Crippen LogP contribution in [-0.4, -0.2) is 21.3 Å². The van der Waals surface area contributed by atoms with Crippen LogP contribution in [0, 0.1) is 12.7 Å². The zero-order chi connectivity index (χ0) is 16.1. The fourth-order valence-electron chi connectivity index (χ4n) is 2.28. The molecule has 0 spiro atoms. The van der Waals surface area contributed by atoms with Crippen LogP contribution in [0.3, 0.4) is 0 Å². The Bertz CT molecular complexity index is 659. The van der Waals surface area contributed by atoms with E-state index in [0.29, 0.717) is 12.3 Å². The molecule has 118 valence electrons. The van der Waals surface area contributed by atoms with Crippen molar-refractivity contribution < 1.29 is 18.6 Å². The Labute approximate surface area is 129 Å². The molecule has 0 radical (unpaired) electrons. The Morgan fingerprint density at radius 2 is 1.68 bits per heavy atom. The molecule has 0 fully saturated rings. The van der Waals surface area contributed by atoms with Gasteiger partial charge < -0.3 is 19.5 Å². The second-order valence-electron chi connectivity index (χ2n) is 4.83. The van der Waals surface area contributed by atoms with Crippen molar-refractivity contribution >= 4 is 5.69 Å². The third kappa shape index (κ3) is 3.42. The van der Waals surface area contributed by atoms with Crippen molar-refractivity contribution in [3.05, 3.63) is 47.3 Å². The monoisotopic (exact) mass is 305 g/mol. The average molecular weight is 305 g/mol. The first-order valence-corrected chi connectivity index (χ1v) is 6.88. The molecule has 0 heterocycles. The van der Waals surface area contributed by atoms with Crippen molar-refractivity contribution in [1.82, 2.24) is 0 Å². The second kappa shape index (κ2) is 7.02. The van der Waals surface area contributed by atoms with Gasteiger partial charge in [-0.1, -0.05) is 0 Å². The summed E-state index contributed by atoms with van der Waals surface area (Å²) in [5.41, 5.74) is 2.51. The molecule has 0 aliphatic carbocycles. The first-order valence-electron chi connectivity index (χ1n) is 6.88. The number of aryl methyl sites for hydroxylation is 1. The third-order valence-corrected chi connectivity index (χ3v) is 3.43. The lowest BCUT2D eigenvalue weighted by molar-refractivity contribution is 0.391. The van der Waals surface area contributed by atoms with E-state index < -0.39 is 0 Å². The van der Waals surface area contributed by atoms with Crippen LogP contribution < -0.4 is 19.5 Å². The molecular formula is C17H20FNO3. The van der Waals surface area contributed by atoms with Crippen molar-refractivity contribution in [2.24, 2.45) is 0 Å². The van der Waals surface area contributed by atoms with E-state index >= 15 is 0 Å². The molecule has 0 bridgehead atoms. The van der Waals surface area contributed by atoms with Crippen LogP contribution in [0.25, 0.3) is 0 Å². The van der Waals surface area contributed by atoms with Crippen molar-refractivity contribution in [3.8, 4) is 17.2 Å². The normalized spacial score (nSPS) is 10.2. The lowest BCUT2D eigenvalue weighted by atomic mass is 10.1. The number of halogens is 1. The highest BCUT2D eigenvalue weighted by Gasteiger charge is 2.11. The van der Waals surface area contributed by atoms with Gasteiger partial charge in [0.15, 0.2) is 0 Å². The zero-order valence-corrected chi connectivity index (χ0v) is 13.2. The largest absolute Gasteiger partial charge is 0.497 e. The third-order valence-electron chi connectivity index (χ3n) is 3.43. The minimum absolute atomic E-state index is 0.318. The Balaban J connectivity index is 2.23. The Kier molecular flexibility index (Phi) is 5.09. The molecule has 2 rings (SSSR count). The summed E-state index contributed by atoms with van der Waals surface area (Å²) in [4.78, 5) is 0. The summed E-state index contributed by atoms with van der Waals surface area (Å²) in [6.07, 6.45) is 0. The molecule has 0 aliphatic rings. The highest BCUT2D eigenvalue weighted by atomic mass is 19.1. The number of nitrogens with one attached hydrogen (secondary N) is 1. The number of hydrogen-bond donors (Lipinski definition) is 1. The molecule has 0 amide bonds. The highest BCUT2D eigenvalue weighted by molar-refractivity contribution is 5.62. The minimum atomic E-state index is -0.318. The summed E-state index contributed by atoms with van der Waals surface area (Å²) in [6, 6.07) is 8.45. The van der Waals surface area contributed by atoms with Crippen molar-refractivity contribution in [2.45, 2.75) is 13.5 Å². The van der Waals surface area contributed by atoms with Crippen LogP contribution in [0.5, 0.6) is 17.2 Å². The molecule has 5 heteroatoms. The SMILES string of the molecule is COc1ccc(CNc2c(C)cc(F)cc2OC)c(OC)c1. The summed E-state index contributed by atoms with van der Waals surface area (Å²) in [5, 5.41) is 3.28. The van der Waals surface area contributed by atoms with E-state index in [2.05, 4.69) is 5.32 Å². The molecule has 1 N–H and O–H groups in total. The standard InChI is InChI=1S/C17H20FNO3/c1-11-7-13(18)8-16(22-4)17(11)19-10-12-5-6-14(20-2)9-15(12)21-3/h5-9,19H,10H2,1-4H3. The number of anilines is 1. The fraction of sp³-hybridized carbons (Fsp3) is 0.294. The Hall–Kier alpha value is -2.43. The zero-order valence-electron chi connectivity index (χ0n) is 13.2. The van der Waals surface area contributed by atoms with E-state index in [1.54, 1.807) is 14.2 Å². The van der Waals surface area contributed by atoms with Crippen molar-refractivity contribution in [1.29, 1.82) is 0 Å². The minimum Gasteiger partial charge on any atom is -0.497 e. The van der Waals surface area contributed by atoms with Crippen LogP contribution in [0.1, 0.15) is 11.1 Å². The molecule has 2 aromatic rings. The van der Waals surface area contributed by atoms with Crippen molar-refractivity contribution in [3.63, 3.8) is 0 Å². The molecule has 0 unspecified atom stereocenters. The van der Waals surface area contributed by atoms with Crippen molar-refractivity contribution in [2.75, 3.05) is 26.6 Å². The summed E-state index contributed by atoms with van der Waals surface area (Å²) in [5.74, 6) is 1.62. The maximum Gasteiger partial charge on any atom is 0.145 e. The lowest BCUT2D eigenvalue weighted by Gasteiger charge is -2.16. The number of ether oxygens (including phenoxy) is 3. The van der Waals surface area contributed by atoms with Gasteiger partial charge in [0.25, 0.3) is 0 Å². The Morgan fingerprint density at radius 1 is 0.955 bits per heavy atom. The summed E-state index contributed by atoms with van der Waals surface area (Å²) in [7, 11) is 4.74. The Morgan fingerprint density at radius 3 is 2.32 bits per heavy atom. The molecule has 2 aromatic carbocycles. The summed E-state index contributed by atoms with van der Waals surface area (Å²) in [6.45, 7) is 2.36. The highest BCUT2D eigenvalue weighted by Crippen LogP contribution is 2.31. The van der Waals surface area contributed by atoms with Crippen LogP contribution >= 0.6 is 0 Å². The van der Waals surface area contributed by atoms with E-state index in [0.717, 1.165) is 28.3 Å². The molecule has 0 saturated heterocycles. The first kappa shape index (κ1) is 15.9. The van der Waals surface area contributed by atoms with E-state index in [4.69, 9.17) is 14.2 Å². The molecule has 0 aromatic heterocycles. The summed E-state index contributed by atoms with van der Waals surface area (Å²) >= 11 is 0. The first-order chi connectivity index (χ1) is 10.6. The molecule has 4 nitrogen and oxygen atoms in total. The van der Waals surface area contributed by atoms with Crippen LogP contribution in [-0.2, 0) is 6.54 Å². The molecule has 0 atom stereocenters. The smallest absolute Gasteiger partial charge is 0.145 e. The van der Waals surface area contributed by atoms with Gasteiger partial charge in [-0.05, 0) is 30.7 Å². The lowest BCUT2D eigenvalue weighted by Crippen LogP contribution is -2.05.